The summed E-state index contributed by atoms with van der Waals surface area (Å²) in [6.07, 6.45) is -0.463. The van der Waals surface area contributed by atoms with Crippen LogP contribution in [-0.4, -0.2) is 13.2 Å². The maximum Gasteiger partial charge on any atom is 0.407 e. The molecular weight excluding hydrogens is 281 g/mol. The summed E-state index contributed by atoms with van der Waals surface area (Å²) in [7, 11) is 1.33. The van der Waals surface area contributed by atoms with Crippen molar-refractivity contribution in [2.75, 3.05) is 7.11 Å². The summed E-state index contributed by atoms with van der Waals surface area (Å²) in [6.45, 7) is 0.367. The molecule has 0 heterocycles. The Morgan fingerprint density at radius 2 is 2.33 bits per heavy atom. The maximum absolute atomic E-state index is 10.9. The lowest BCUT2D eigenvalue weighted by molar-refractivity contribution is 0.170. The van der Waals surface area contributed by atoms with E-state index in [9.17, 15) is 4.79 Å². The van der Waals surface area contributed by atoms with Gasteiger partial charge in [0.15, 0.2) is 0 Å². The Morgan fingerprint density at radius 1 is 1.60 bits per heavy atom. The predicted molar refractivity (Wildman–Crippen MR) is 63.3 cm³/mol. The highest BCUT2D eigenvalue weighted by atomic mass is 79.9. The Balaban J connectivity index is 2.70. The minimum atomic E-state index is -0.463. The van der Waals surface area contributed by atoms with Gasteiger partial charge in [0.05, 0.1) is 7.11 Å². The Hall–Kier alpha value is -0.740. The summed E-state index contributed by atoms with van der Waals surface area (Å²) >= 11 is 9.33. The molecule has 5 heteroatoms. The Morgan fingerprint density at radius 3 is 2.93 bits per heavy atom. The van der Waals surface area contributed by atoms with Gasteiger partial charge in [0.1, 0.15) is 0 Å². The number of alkyl halides is 1. The molecule has 0 saturated carbocycles. The average Bonchev–Trinajstić information content (AvgIpc) is 2.27. The summed E-state index contributed by atoms with van der Waals surface area (Å²) in [4.78, 5) is 10.9. The Bertz CT molecular complexity index is 357. The van der Waals surface area contributed by atoms with Gasteiger partial charge >= 0.3 is 6.09 Å². The quantitative estimate of drug-likeness (QED) is 0.870. The zero-order chi connectivity index (χ0) is 11.3. The minimum absolute atomic E-state index is 0.367. The number of amides is 1. The summed E-state index contributed by atoms with van der Waals surface area (Å²) in [5.74, 6) is 0. The summed E-state index contributed by atoms with van der Waals surface area (Å²) in [5, 5.41) is 3.97. The van der Waals surface area contributed by atoms with E-state index in [1.54, 1.807) is 0 Å². The van der Waals surface area contributed by atoms with Gasteiger partial charge in [-0.3, -0.25) is 0 Å². The molecule has 1 rings (SSSR count). The number of alkyl carbamates (subject to hydrolysis) is 1. The summed E-state index contributed by atoms with van der Waals surface area (Å²) in [5.41, 5.74) is 1.99. The number of nitrogens with one attached hydrogen (secondary N) is 1. The van der Waals surface area contributed by atoms with Crippen molar-refractivity contribution in [1.29, 1.82) is 0 Å². The van der Waals surface area contributed by atoms with E-state index in [1.807, 2.05) is 18.2 Å². The van der Waals surface area contributed by atoms with Crippen LogP contribution < -0.4 is 5.32 Å². The van der Waals surface area contributed by atoms with Crippen molar-refractivity contribution in [1.82, 2.24) is 5.32 Å². The van der Waals surface area contributed by atoms with Crippen LogP contribution in [0.4, 0.5) is 4.79 Å². The standard InChI is InChI=1S/C10H11BrClNO2/c1-15-10(14)13-6-8-4-7(5-11)2-3-9(8)12/h2-4H,5-6H2,1H3,(H,13,14). The molecular formula is C10H11BrClNO2. The average molecular weight is 293 g/mol. The molecule has 0 radical (unpaired) electrons. The zero-order valence-corrected chi connectivity index (χ0v) is 10.6. The van der Waals surface area contributed by atoms with Crippen LogP contribution in [0.5, 0.6) is 0 Å². The van der Waals surface area contributed by atoms with Crippen LogP contribution in [0.2, 0.25) is 5.02 Å². The fraction of sp³-hybridized carbons (Fsp3) is 0.300. The lowest BCUT2D eigenvalue weighted by atomic mass is 10.1. The van der Waals surface area contributed by atoms with Crippen LogP contribution in [0.25, 0.3) is 0 Å². The molecule has 0 aliphatic rings. The predicted octanol–water partition coefficient (Wildman–Crippen LogP) is 3.09. The van der Waals surface area contributed by atoms with E-state index in [0.29, 0.717) is 11.6 Å². The Labute approximate surface area is 102 Å². The number of hydrogen-bond donors (Lipinski definition) is 1. The van der Waals surface area contributed by atoms with Gasteiger partial charge in [-0.25, -0.2) is 4.79 Å². The first kappa shape index (κ1) is 12.3. The van der Waals surface area contributed by atoms with Crippen molar-refractivity contribution in [3.05, 3.63) is 34.3 Å². The molecule has 0 unspecified atom stereocenters. The van der Waals surface area contributed by atoms with Gasteiger partial charge in [-0.05, 0) is 17.2 Å². The third-order valence-electron chi connectivity index (χ3n) is 1.87. The molecule has 1 aromatic carbocycles. The lowest BCUT2D eigenvalue weighted by Gasteiger charge is -2.07. The maximum atomic E-state index is 10.9. The van der Waals surface area contributed by atoms with Gasteiger partial charge in [-0.1, -0.05) is 39.7 Å². The smallest absolute Gasteiger partial charge is 0.407 e. The fourth-order valence-corrected chi connectivity index (χ4v) is 1.62. The van der Waals surface area contributed by atoms with Crippen LogP contribution in [0, 0.1) is 0 Å². The highest BCUT2D eigenvalue weighted by Gasteiger charge is 2.04. The van der Waals surface area contributed by atoms with Crippen LogP contribution in [0.1, 0.15) is 11.1 Å². The summed E-state index contributed by atoms with van der Waals surface area (Å²) in [6, 6.07) is 5.68. The van der Waals surface area contributed by atoms with Gasteiger partial charge in [0, 0.05) is 16.9 Å². The molecule has 1 N–H and O–H groups in total. The molecule has 15 heavy (non-hydrogen) atoms. The van der Waals surface area contributed by atoms with Gasteiger partial charge in [0.2, 0.25) is 0 Å². The van der Waals surface area contributed by atoms with E-state index < -0.39 is 6.09 Å². The van der Waals surface area contributed by atoms with Crippen molar-refractivity contribution in [2.45, 2.75) is 11.9 Å². The highest BCUT2D eigenvalue weighted by Crippen LogP contribution is 2.18. The van der Waals surface area contributed by atoms with Crippen molar-refractivity contribution in [2.24, 2.45) is 0 Å². The van der Waals surface area contributed by atoms with Crippen molar-refractivity contribution in [3.8, 4) is 0 Å². The second-order valence-corrected chi connectivity index (χ2v) is 3.87. The normalized spacial score (nSPS) is 9.80. The number of rotatable bonds is 3. The topological polar surface area (TPSA) is 38.3 Å². The lowest BCUT2D eigenvalue weighted by Crippen LogP contribution is -2.22. The molecule has 0 aliphatic carbocycles. The number of halogens is 2. The second-order valence-electron chi connectivity index (χ2n) is 2.90. The second kappa shape index (κ2) is 5.98. The third-order valence-corrected chi connectivity index (χ3v) is 2.89. The molecule has 1 amide bonds. The minimum Gasteiger partial charge on any atom is -0.453 e. The van der Waals surface area contributed by atoms with Crippen LogP contribution >= 0.6 is 27.5 Å². The molecule has 0 atom stereocenters. The van der Waals surface area contributed by atoms with E-state index in [2.05, 4.69) is 26.0 Å². The van der Waals surface area contributed by atoms with Gasteiger partial charge in [0.25, 0.3) is 0 Å². The van der Waals surface area contributed by atoms with Gasteiger partial charge in [-0.15, -0.1) is 0 Å². The SMILES string of the molecule is COC(=O)NCc1cc(CBr)ccc1Cl. The van der Waals surface area contributed by atoms with Gasteiger partial charge in [-0.2, -0.15) is 0 Å². The molecule has 0 fully saturated rings. The number of ether oxygens (including phenoxy) is 1. The molecule has 3 nitrogen and oxygen atoms in total. The highest BCUT2D eigenvalue weighted by molar-refractivity contribution is 9.08. The van der Waals surface area contributed by atoms with Crippen LogP contribution in [0.15, 0.2) is 18.2 Å². The first-order valence-corrected chi connectivity index (χ1v) is 5.82. The molecule has 1 aromatic rings. The first-order valence-electron chi connectivity index (χ1n) is 4.32. The third kappa shape index (κ3) is 3.72. The van der Waals surface area contributed by atoms with Crippen molar-refractivity contribution >= 4 is 33.6 Å². The van der Waals surface area contributed by atoms with Crippen LogP contribution in [0.3, 0.4) is 0 Å². The Kier molecular flexibility index (Phi) is 4.91. The largest absolute Gasteiger partial charge is 0.453 e. The number of methoxy groups -OCH3 is 1. The number of hydrogen-bond acceptors (Lipinski definition) is 2. The van der Waals surface area contributed by atoms with Gasteiger partial charge < -0.3 is 10.1 Å². The van der Waals surface area contributed by atoms with E-state index in [4.69, 9.17) is 11.6 Å². The summed E-state index contributed by atoms with van der Waals surface area (Å²) < 4.78 is 4.47. The fourth-order valence-electron chi connectivity index (χ4n) is 1.09. The van der Waals surface area contributed by atoms with E-state index in [-0.39, 0.29) is 0 Å². The molecule has 82 valence electrons. The van der Waals surface area contributed by atoms with Crippen molar-refractivity contribution < 1.29 is 9.53 Å². The number of carbonyl (C=O) groups excluding carboxylic acids is 1. The van der Waals surface area contributed by atoms with Crippen LogP contribution in [-0.2, 0) is 16.6 Å². The molecule has 0 spiro atoms. The van der Waals surface area contributed by atoms with Crippen molar-refractivity contribution in [3.63, 3.8) is 0 Å². The number of benzene rings is 1. The van der Waals surface area contributed by atoms with E-state index in [0.717, 1.165) is 16.5 Å². The molecule has 0 aliphatic heterocycles. The molecule has 0 saturated heterocycles. The monoisotopic (exact) mass is 291 g/mol. The number of carbonyl (C=O) groups is 1. The van der Waals surface area contributed by atoms with E-state index >= 15 is 0 Å². The zero-order valence-electron chi connectivity index (χ0n) is 8.22. The molecule has 0 bridgehead atoms. The van der Waals surface area contributed by atoms with E-state index in [1.165, 1.54) is 7.11 Å². The first-order chi connectivity index (χ1) is 7.17. The molecule has 0 aromatic heterocycles.